The molecule has 1 heterocycles. The van der Waals surface area contributed by atoms with Crippen LogP contribution in [-0.2, 0) is 11.8 Å². The molecule has 0 amide bonds. The van der Waals surface area contributed by atoms with Crippen LogP contribution < -0.4 is 4.90 Å². The molecule has 0 fully saturated rings. The Morgan fingerprint density at radius 3 is 2.10 bits per heavy atom. The van der Waals surface area contributed by atoms with Gasteiger partial charge in [-0.25, -0.2) is 0 Å². The van der Waals surface area contributed by atoms with Gasteiger partial charge >= 0.3 is 0 Å². The zero-order valence-electron chi connectivity index (χ0n) is 28.2. The van der Waals surface area contributed by atoms with Crippen molar-refractivity contribution in [3.05, 3.63) is 168 Å². The van der Waals surface area contributed by atoms with Gasteiger partial charge in [0.15, 0.2) is 0 Å². The highest BCUT2D eigenvalue weighted by atomic mass is 15.1. The lowest BCUT2D eigenvalue weighted by Crippen LogP contribution is -2.24. The SMILES string of the molecule is CC1(C)c2cc(-c3c4ccccc4c(-c4ccccc4)c4ccc(N5CCCc6ccccc65)cc34)c3ccccc3c2C2C=CC=CC21. The van der Waals surface area contributed by atoms with E-state index >= 15 is 0 Å². The number of aryl methyl sites for hydroxylation is 1. The first-order chi connectivity index (χ1) is 24.1. The van der Waals surface area contributed by atoms with Crippen molar-refractivity contribution in [3.63, 3.8) is 0 Å². The van der Waals surface area contributed by atoms with Crippen LogP contribution in [0.5, 0.6) is 0 Å². The maximum atomic E-state index is 2.59. The molecule has 0 bridgehead atoms. The Labute approximate surface area is 288 Å². The summed E-state index contributed by atoms with van der Waals surface area (Å²) in [4.78, 5) is 2.55. The lowest BCUT2D eigenvalue weighted by molar-refractivity contribution is 0.394. The number of para-hydroxylation sites is 1. The van der Waals surface area contributed by atoms with Crippen LogP contribution in [0.1, 0.15) is 42.9 Å². The van der Waals surface area contributed by atoms with Crippen LogP contribution in [-0.4, -0.2) is 6.54 Å². The third-order valence-corrected chi connectivity index (χ3v) is 11.8. The predicted octanol–water partition coefficient (Wildman–Crippen LogP) is 12.7. The second-order valence-corrected chi connectivity index (χ2v) is 14.7. The Kier molecular flexibility index (Phi) is 6.31. The number of allylic oxidation sites excluding steroid dienone is 4. The van der Waals surface area contributed by atoms with E-state index in [1.54, 1.807) is 0 Å². The van der Waals surface area contributed by atoms with Crippen LogP contribution in [0.2, 0.25) is 0 Å². The van der Waals surface area contributed by atoms with Gasteiger partial charge < -0.3 is 4.90 Å². The van der Waals surface area contributed by atoms with Crippen molar-refractivity contribution in [2.45, 2.75) is 38.0 Å². The number of nitrogens with zero attached hydrogens (tertiary/aromatic N) is 1. The van der Waals surface area contributed by atoms with Gasteiger partial charge in [0.2, 0.25) is 0 Å². The monoisotopic (exact) mass is 629 g/mol. The van der Waals surface area contributed by atoms with Crippen molar-refractivity contribution >= 4 is 43.7 Å². The third kappa shape index (κ3) is 4.18. The van der Waals surface area contributed by atoms with E-state index in [0.717, 1.165) is 19.4 Å². The van der Waals surface area contributed by atoms with Crippen LogP contribution >= 0.6 is 0 Å². The fraction of sp³-hybridized carbons (Fsp3) is 0.167. The number of benzene rings is 7. The molecule has 2 atom stereocenters. The number of hydrogen-bond donors (Lipinski definition) is 0. The number of anilines is 2. The fourth-order valence-corrected chi connectivity index (χ4v) is 9.59. The Morgan fingerprint density at radius 1 is 0.592 bits per heavy atom. The smallest absolute Gasteiger partial charge is 0.0443 e. The fourth-order valence-electron chi connectivity index (χ4n) is 9.59. The molecular weight excluding hydrogens is 591 g/mol. The number of hydrogen-bond acceptors (Lipinski definition) is 1. The Hall–Kier alpha value is -5.40. The average molecular weight is 630 g/mol. The minimum Gasteiger partial charge on any atom is -0.341 e. The van der Waals surface area contributed by atoms with Crippen molar-refractivity contribution < 1.29 is 0 Å². The molecule has 1 aliphatic heterocycles. The van der Waals surface area contributed by atoms with Crippen molar-refractivity contribution in [2.24, 2.45) is 5.92 Å². The van der Waals surface area contributed by atoms with Crippen LogP contribution in [0.3, 0.4) is 0 Å². The highest BCUT2D eigenvalue weighted by Crippen LogP contribution is 2.57. The van der Waals surface area contributed by atoms with Crippen LogP contribution in [0.4, 0.5) is 11.4 Å². The van der Waals surface area contributed by atoms with E-state index < -0.39 is 0 Å². The molecule has 49 heavy (non-hydrogen) atoms. The molecule has 0 saturated carbocycles. The number of rotatable bonds is 3. The molecular formula is C48H39N. The molecule has 236 valence electrons. The van der Waals surface area contributed by atoms with Crippen LogP contribution in [0.25, 0.3) is 54.6 Å². The summed E-state index contributed by atoms with van der Waals surface area (Å²) < 4.78 is 0. The molecule has 0 saturated heterocycles. The highest BCUT2D eigenvalue weighted by molar-refractivity contribution is 6.24. The molecule has 10 rings (SSSR count). The normalized spacial score (nSPS) is 18.9. The quantitative estimate of drug-likeness (QED) is 0.176. The second kappa shape index (κ2) is 10.8. The predicted molar refractivity (Wildman–Crippen MR) is 209 cm³/mol. The van der Waals surface area contributed by atoms with Crippen LogP contribution in [0, 0.1) is 5.92 Å². The molecule has 0 radical (unpaired) electrons. The van der Waals surface area contributed by atoms with Gasteiger partial charge in [-0.2, -0.15) is 0 Å². The van der Waals surface area contributed by atoms with Gasteiger partial charge in [0, 0.05) is 23.8 Å². The van der Waals surface area contributed by atoms with E-state index in [2.05, 4.69) is 170 Å². The molecule has 2 unspecified atom stereocenters. The number of fused-ring (bicyclic) bond motifs is 8. The van der Waals surface area contributed by atoms with E-state index in [0.29, 0.717) is 11.8 Å². The van der Waals surface area contributed by atoms with Crippen molar-refractivity contribution in [2.75, 3.05) is 11.4 Å². The minimum absolute atomic E-state index is 0.0122. The lowest BCUT2D eigenvalue weighted by atomic mass is 9.74. The lowest BCUT2D eigenvalue weighted by Gasteiger charge is -2.32. The summed E-state index contributed by atoms with van der Waals surface area (Å²) in [6.45, 7) is 5.94. The standard InChI is InChI=1S/C48H39N/c1-48(2)42-24-12-11-23-39(42)47-35-20-8-7-19-34(35)41(30-43(47)48)46-37-22-10-9-21-36(37)45(32-16-4-3-5-17-32)38-27-26-33(29-40(38)46)49-28-14-18-31-15-6-13-25-44(31)49/h3-13,15-17,19-27,29-30,39,42H,14,18,28H2,1-2H3. The average Bonchev–Trinajstić information content (AvgIpc) is 3.39. The molecule has 0 N–H and O–H groups in total. The first-order valence-electron chi connectivity index (χ1n) is 17.9. The zero-order chi connectivity index (χ0) is 32.7. The summed E-state index contributed by atoms with van der Waals surface area (Å²) in [7, 11) is 0. The maximum absolute atomic E-state index is 2.59. The first kappa shape index (κ1) is 28.6. The van der Waals surface area contributed by atoms with Crippen molar-refractivity contribution in [3.8, 4) is 22.3 Å². The molecule has 1 nitrogen and oxygen atoms in total. The van der Waals surface area contributed by atoms with Crippen LogP contribution in [0.15, 0.2) is 152 Å². The maximum Gasteiger partial charge on any atom is 0.0443 e. The first-order valence-corrected chi connectivity index (χ1v) is 17.9. The Morgan fingerprint density at radius 2 is 1.27 bits per heavy atom. The summed E-state index contributed by atoms with van der Waals surface area (Å²) in [6, 6.07) is 48.1. The van der Waals surface area contributed by atoms with E-state index in [1.165, 1.54) is 82.6 Å². The van der Waals surface area contributed by atoms with Gasteiger partial charge in [0.25, 0.3) is 0 Å². The molecule has 3 aliphatic rings. The largest absolute Gasteiger partial charge is 0.341 e. The van der Waals surface area contributed by atoms with Gasteiger partial charge in [0.05, 0.1) is 0 Å². The molecule has 0 spiro atoms. The summed E-state index contributed by atoms with van der Waals surface area (Å²) in [5.74, 6) is 0.847. The summed E-state index contributed by atoms with van der Waals surface area (Å²) in [6.07, 6.45) is 11.7. The summed E-state index contributed by atoms with van der Waals surface area (Å²) >= 11 is 0. The minimum atomic E-state index is 0.0122. The molecule has 2 aliphatic carbocycles. The highest BCUT2D eigenvalue weighted by Gasteiger charge is 2.45. The molecule has 7 aromatic carbocycles. The summed E-state index contributed by atoms with van der Waals surface area (Å²) in [5.41, 5.74) is 12.3. The van der Waals surface area contributed by atoms with Crippen molar-refractivity contribution in [1.82, 2.24) is 0 Å². The Balaban J connectivity index is 1.34. The molecule has 7 aromatic rings. The molecule has 0 aromatic heterocycles. The van der Waals surface area contributed by atoms with Gasteiger partial charge in [0.1, 0.15) is 0 Å². The van der Waals surface area contributed by atoms with E-state index in [-0.39, 0.29) is 5.41 Å². The van der Waals surface area contributed by atoms with Gasteiger partial charge in [-0.1, -0.05) is 141 Å². The van der Waals surface area contributed by atoms with Crippen molar-refractivity contribution in [1.29, 1.82) is 0 Å². The summed E-state index contributed by atoms with van der Waals surface area (Å²) in [5, 5.41) is 7.96. The van der Waals surface area contributed by atoms with E-state index in [9.17, 15) is 0 Å². The molecule has 1 heteroatoms. The van der Waals surface area contributed by atoms with Gasteiger partial charge in [-0.15, -0.1) is 0 Å². The van der Waals surface area contributed by atoms with E-state index in [4.69, 9.17) is 0 Å². The topological polar surface area (TPSA) is 3.24 Å². The zero-order valence-corrected chi connectivity index (χ0v) is 28.2. The third-order valence-electron chi connectivity index (χ3n) is 11.8. The Bertz CT molecular complexity index is 2510. The van der Waals surface area contributed by atoms with Gasteiger partial charge in [-0.05, 0) is 120 Å². The van der Waals surface area contributed by atoms with Gasteiger partial charge in [-0.3, -0.25) is 0 Å². The van der Waals surface area contributed by atoms with E-state index in [1.807, 2.05) is 0 Å². The second-order valence-electron chi connectivity index (χ2n) is 14.7.